The fourth-order valence-electron chi connectivity index (χ4n) is 3.19. The van der Waals surface area contributed by atoms with Gasteiger partial charge in [-0.25, -0.2) is 4.98 Å². The molecule has 0 atom stereocenters. The number of aryl methyl sites for hydroxylation is 1. The van der Waals surface area contributed by atoms with Crippen molar-refractivity contribution >= 4 is 40.0 Å². The maximum absolute atomic E-state index is 12.5. The Morgan fingerprint density at radius 2 is 1.91 bits per heavy atom. The predicted octanol–water partition coefficient (Wildman–Crippen LogP) is 5.42. The zero-order valence-electron chi connectivity index (χ0n) is 18.2. The van der Waals surface area contributed by atoms with Gasteiger partial charge in [0.1, 0.15) is 17.0 Å². The Balaban J connectivity index is 1.45. The van der Waals surface area contributed by atoms with Crippen LogP contribution in [0.2, 0.25) is 0 Å². The highest BCUT2D eigenvalue weighted by Crippen LogP contribution is 2.33. The number of hydrogen-bond donors (Lipinski definition) is 3. The van der Waals surface area contributed by atoms with Crippen LogP contribution in [-0.4, -0.2) is 27.7 Å². The minimum Gasteiger partial charge on any atom is -0.507 e. The van der Waals surface area contributed by atoms with Gasteiger partial charge in [0.2, 0.25) is 5.89 Å². The molecule has 4 rings (SSSR count). The monoisotopic (exact) mass is 461 g/mol. The molecule has 0 aliphatic rings. The summed E-state index contributed by atoms with van der Waals surface area (Å²) in [7, 11) is 0. The third kappa shape index (κ3) is 5.30. The average molecular weight is 462 g/mol. The predicted molar refractivity (Wildman–Crippen MR) is 132 cm³/mol. The smallest absolute Gasteiger partial charge is 0.257 e. The molecular weight excluding hydrogens is 438 g/mol. The van der Waals surface area contributed by atoms with E-state index in [1.165, 1.54) is 6.07 Å². The number of benzene rings is 3. The third-order valence-corrected chi connectivity index (χ3v) is 5.05. The van der Waals surface area contributed by atoms with Gasteiger partial charge in [-0.3, -0.25) is 10.1 Å². The van der Waals surface area contributed by atoms with Crippen LogP contribution in [0.25, 0.3) is 22.6 Å². The fraction of sp³-hybridized carbons (Fsp3) is 0.160. The van der Waals surface area contributed by atoms with Crippen molar-refractivity contribution in [2.24, 2.45) is 0 Å². The van der Waals surface area contributed by atoms with Gasteiger partial charge in [-0.05, 0) is 85.7 Å². The van der Waals surface area contributed by atoms with Crippen molar-refractivity contribution in [3.05, 3.63) is 71.8 Å². The molecule has 0 saturated heterocycles. The summed E-state index contributed by atoms with van der Waals surface area (Å²) in [6.07, 6.45) is 0.910. The molecule has 1 heterocycles. The van der Waals surface area contributed by atoms with Gasteiger partial charge in [0.15, 0.2) is 10.7 Å². The molecule has 0 fully saturated rings. The van der Waals surface area contributed by atoms with Crippen LogP contribution in [0.4, 0.5) is 5.69 Å². The molecule has 33 heavy (non-hydrogen) atoms. The molecule has 0 aliphatic carbocycles. The number of rotatable bonds is 6. The Kier molecular flexibility index (Phi) is 6.55. The molecule has 1 aromatic heterocycles. The van der Waals surface area contributed by atoms with Crippen molar-refractivity contribution in [1.82, 2.24) is 10.3 Å². The van der Waals surface area contributed by atoms with E-state index in [1.54, 1.807) is 36.4 Å². The van der Waals surface area contributed by atoms with Crippen LogP contribution >= 0.6 is 12.2 Å². The molecule has 0 aliphatic heterocycles. The number of carbonyl (C=O) groups excluding carboxylic acids is 1. The lowest BCUT2D eigenvalue weighted by molar-refractivity contribution is 0.0977. The standard InChI is InChI=1S/C25H23N3O4S/c1-3-12-31-18-8-5-16(6-9-18)23(30)28-25(33)26-17-7-11-21(29)19(14-17)24-27-20-10-4-15(2)13-22(20)32-24/h4-11,13-14,29H,3,12H2,1-2H3,(H2,26,28,30,33). The summed E-state index contributed by atoms with van der Waals surface area (Å²) < 4.78 is 11.3. The molecular formula is C25H23N3O4S. The summed E-state index contributed by atoms with van der Waals surface area (Å²) in [6.45, 7) is 4.62. The van der Waals surface area contributed by atoms with E-state index in [9.17, 15) is 9.90 Å². The Hall–Kier alpha value is -3.91. The number of aromatic hydroxyl groups is 1. The Morgan fingerprint density at radius 3 is 2.67 bits per heavy atom. The van der Waals surface area contributed by atoms with Crippen molar-refractivity contribution in [3.63, 3.8) is 0 Å². The minimum atomic E-state index is -0.345. The zero-order valence-corrected chi connectivity index (χ0v) is 19.0. The van der Waals surface area contributed by atoms with E-state index < -0.39 is 0 Å². The topological polar surface area (TPSA) is 96.6 Å². The van der Waals surface area contributed by atoms with Crippen LogP contribution < -0.4 is 15.4 Å². The number of carbonyl (C=O) groups is 1. The number of phenolic OH excluding ortho intramolecular Hbond substituents is 1. The second-order valence-corrected chi connectivity index (χ2v) is 7.91. The van der Waals surface area contributed by atoms with Crippen LogP contribution in [0.15, 0.2) is 65.1 Å². The first-order chi connectivity index (χ1) is 15.9. The Labute approximate surface area is 196 Å². The second-order valence-electron chi connectivity index (χ2n) is 7.50. The number of nitrogens with one attached hydrogen (secondary N) is 2. The van der Waals surface area contributed by atoms with Gasteiger partial charge in [-0.1, -0.05) is 13.0 Å². The summed E-state index contributed by atoms with van der Waals surface area (Å²) in [5.41, 5.74) is 3.81. The van der Waals surface area contributed by atoms with E-state index in [4.69, 9.17) is 21.4 Å². The quantitative estimate of drug-likeness (QED) is 0.260. The number of hydrogen-bond acceptors (Lipinski definition) is 6. The van der Waals surface area contributed by atoms with E-state index in [2.05, 4.69) is 15.6 Å². The highest BCUT2D eigenvalue weighted by Gasteiger charge is 2.14. The van der Waals surface area contributed by atoms with Crippen molar-refractivity contribution in [2.45, 2.75) is 20.3 Å². The van der Waals surface area contributed by atoms with Crippen LogP contribution in [-0.2, 0) is 0 Å². The largest absolute Gasteiger partial charge is 0.507 e. The van der Waals surface area contributed by atoms with Gasteiger partial charge in [-0.15, -0.1) is 0 Å². The lowest BCUT2D eigenvalue weighted by Crippen LogP contribution is -2.34. The first kappa shape index (κ1) is 22.3. The summed E-state index contributed by atoms with van der Waals surface area (Å²) in [5.74, 6) is 0.671. The summed E-state index contributed by atoms with van der Waals surface area (Å²) in [5, 5.41) is 16.1. The molecule has 3 aromatic carbocycles. The van der Waals surface area contributed by atoms with Gasteiger partial charge in [0.25, 0.3) is 5.91 Å². The van der Waals surface area contributed by atoms with Crippen LogP contribution in [0.1, 0.15) is 29.3 Å². The van der Waals surface area contributed by atoms with Crippen LogP contribution in [0.3, 0.4) is 0 Å². The van der Waals surface area contributed by atoms with Gasteiger partial charge in [-0.2, -0.15) is 0 Å². The summed E-state index contributed by atoms with van der Waals surface area (Å²) >= 11 is 5.29. The molecule has 168 valence electrons. The van der Waals surface area contributed by atoms with E-state index in [1.807, 2.05) is 32.0 Å². The number of oxazole rings is 1. The lowest BCUT2D eigenvalue weighted by Gasteiger charge is -2.11. The molecule has 0 saturated carbocycles. The fourth-order valence-corrected chi connectivity index (χ4v) is 3.40. The maximum atomic E-state index is 12.5. The van der Waals surface area contributed by atoms with E-state index in [-0.39, 0.29) is 22.7 Å². The molecule has 3 N–H and O–H groups in total. The van der Waals surface area contributed by atoms with Crippen molar-refractivity contribution in [1.29, 1.82) is 0 Å². The Morgan fingerprint density at radius 1 is 1.12 bits per heavy atom. The maximum Gasteiger partial charge on any atom is 0.257 e. The highest BCUT2D eigenvalue weighted by molar-refractivity contribution is 7.80. The number of anilines is 1. The highest BCUT2D eigenvalue weighted by atomic mass is 32.1. The number of nitrogens with zero attached hydrogens (tertiary/aromatic N) is 1. The van der Waals surface area contributed by atoms with Crippen molar-refractivity contribution in [3.8, 4) is 23.0 Å². The molecule has 0 radical (unpaired) electrons. The van der Waals surface area contributed by atoms with E-state index >= 15 is 0 Å². The van der Waals surface area contributed by atoms with Gasteiger partial charge < -0.3 is 19.6 Å². The van der Waals surface area contributed by atoms with Crippen molar-refractivity contribution in [2.75, 3.05) is 11.9 Å². The van der Waals surface area contributed by atoms with Gasteiger partial charge in [0, 0.05) is 11.3 Å². The molecule has 0 bridgehead atoms. The molecule has 7 nitrogen and oxygen atoms in total. The number of ether oxygens (including phenoxy) is 1. The number of phenols is 1. The molecule has 0 spiro atoms. The van der Waals surface area contributed by atoms with E-state index in [0.717, 1.165) is 12.0 Å². The molecule has 4 aromatic rings. The molecule has 0 unspecified atom stereocenters. The summed E-state index contributed by atoms with van der Waals surface area (Å²) in [6, 6.07) is 17.4. The van der Waals surface area contributed by atoms with Gasteiger partial charge >= 0.3 is 0 Å². The third-order valence-electron chi connectivity index (χ3n) is 4.85. The second kappa shape index (κ2) is 9.70. The SMILES string of the molecule is CCCOc1ccc(C(=O)NC(=S)Nc2ccc(O)c(-c3nc4ccc(C)cc4o3)c2)cc1. The first-order valence-electron chi connectivity index (χ1n) is 10.5. The lowest BCUT2D eigenvalue weighted by atomic mass is 10.1. The number of amides is 1. The minimum absolute atomic E-state index is 0.0177. The normalized spacial score (nSPS) is 10.7. The Bertz CT molecular complexity index is 1320. The van der Waals surface area contributed by atoms with Crippen molar-refractivity contribution < 1.29 is 19.1 Å². The van der Waals surface area contributed by atoms with Crippen LogP contribution in [0, 0.1) is 6.92 Å². The zero-order chi connectivity index (χ0) is 23.4. The summed E-state index contributed by atoms with van der Waals surface area (Å²) in [4.78, 5) is 16.9. The number of thiocarbonyl (C=S) groups is 1. The number of fused-ring (bicyclic) bond motifs is 1. The first-order valence-corrected chi connectivity index (χ1v) is 10.9. The van der Waals surface area contributed by atoms with E-state index in [0.29, 0.717) is 40.3 Å². The average Bonchev–Trinajstić information content (AvgIpc) is 3.22. The molecule has 8 heteroatoms. The molecule has 1 amide bonds. The number of aromatic nitrogens is 1. The van der Waals surface area contributed by atoms with Crippen LogP contribution in [0.5, 0.6) is 11.5 Å². The van der Waals surface area contributed by atoms with Gasteiger partial charge in [0.05, 0.1) is 12.2 Å².